The maximum Gasteiger partial charge on any atom is 0.248 e. The number of aliphatic hydroxyl groups excluding tert-OH is 1. The van der Waals surface area contributed by atoms with Crippen molar-refractivity contribution in [2.75, 3.05) is 40.5 Å². The van der Waals surface area contributed by atoms with E-state index in [9.17, 15) is 18.3 Å². The highest BCUT2D eigenvalue weighted by molar-refractivity contribution is 7.89. The monoisotopic (exact) mass is 492 g/mol. The third-order valence-corrected chi connectivity index (χ3v) is 8.61. The van der Waals surface area contributed by atoms with Crippen LogP contribution in [0.2, 0.25) is 0 Å². The molecule has 1 aromatic rings. The Morgan fingerprint density at radius 3 is 2.71 bits per heavy atom. The second-order valence-corrected chi connectivity index (χ2v) is 11.2. The quantitative estimate of drug-likeness (QED) is 0.611. The van der Waals surface area contributed by atoms with Gasteiger partial charge in [0.2, 0.25) is 15.9 Å². The van der Waals surface area contributed by atoms with Gasteiger partial charge in [0.05, 0.1) is 13.2 Å². The fraction of sp³-hybridized carbons (Fsp3) is 0.640. The number of amides is 1. The number of hydrogen-bond acceptors (Lipinski definition) is 6. The minimum atomic E-state index is -3.91. The lowest BCUT2D eigenvalue weighted by atomic mass is 10.0. The van der Waals surface area contributed by atoms with Crippen LogP contribution < -0.4 is 4.74 Å². The molecule has 1 aliphatic carbocycles. The molecular weight excluding hydrogens is 456 g/mol. The van der Waals surface area contributed by atoms with E-state index < -0.39 is 22.2 Å². The highest BCUT2D eigenvalue weighted by Crippen LogP contribution is 2.34. The van der Waals surface area contributed by atoms with Gasteiger partial charge in [0.1, 0.15) is 23.4 Å². The van der Waals surface area contributed by atoms with Gasteiger partial charge >= 0.3 is 0 Å². The zero-order valence-electron chi connectivity index (χ0n) is 20.5. The molecule has 1 saturated carbocycles. The lowest BCUT2D eigenvalue weighted by Crippen LogP contribution is -2.50. The normalized spacial score (nSPS) is 23.6. The van der Waals surface area contributed by atoms with E-state index in [-0.39, 0.29) is 48.8 Å². The summed E-state index contributed by atoms with van der Waals surface area (Å²) in [5, 5.41) is 9.75. The Hall–Kier alpha value is -2.12. The molecule has 1 heterocycles. The van der Waals surface area contributed by atoms with Crippen molar-refractivity contribution in [3.8, 4) is 17.6 Å². The first-order valence-corrected chi connectivity index (χ1v) is 13.3. The highest BCUT2D eigenvalue weighted by atomic mass is 32.2. The summed E-state index contributed by atoms with van der Waals surface area (Å²) in [5.74, 6) is 6.65. The number of likely N-dealkylation sites (N-methyl/N-ethyl adjacent to an activating group) is 1. The molecule has 0 saturated heterocycles. The van der Waals surface area contributed by atoms with Gasteiger partial charge in [0, 0.05) is 44.1 Å². The van der Waals surface area contributed by atoms with Crippen molar-refractivity contribution >= 4 is 15.9 Å². The number of methoxy groups -OCH3 is 1. The first-order valence-electron chi connectivity index (χ1n) is 11.8. The molecule has 1 aliphatic heterocycles. The van der Waals surface area contributed by atoms with E-state index in [1.807, 2.05) is 6.92 Å². The Morgan fingerprint density at radius 2 is 2.06 bits per heavy atom. The fourth-order valence-electron chi connectivity index (χ4n) is 4.38. The fourth-order valence-corrected chi connectivity index (χ4v) is 6.21. The largest absolute Gasteiger partial charge is 0.487 e. The number of hydrogen-bond donors (Lipinski definition) is 1. The molecule has 1 aromatic carbocycles. The van der Waals surface area contributed by atoms with Gasteiger partial charge in [-0.1, -0.05) is 31.6 Å². The van der Waals surface area contributed by atoms with Crippen LogP contribution in [0, 0.1) is 23.7 Å². The molecule has 0 unspecified atom stereocenters. The molecule has 2 aliphatic rings. The average molecular weight is 493 g/mol. The molecule has 3 rings (SSSR count). The summed E-state index contributed by atoms with van der Waals surface area (Å²) in [4.78, 5) is 13.9. The number of ether oxygens (including phenoxy) is 2. The lowest BCUT2D eigenvalue weighted by Gasteiger charge is -2.37. The summed E-state index contributed by atoms with van der Waals surface area (Å²) in [7, 11) is -0.777. The summed E-state index contributed by atoms with van der Waals surface area (Å²) in [6.45, 7) is 3.64. The van der Waals surface area contributed by atoms with Gasteiger partial charge in [0.15, 0.2) is 0 Å². The van der Waals surface area contributed by atoms with E-state index in [2.05, 4.69) is 11.8 Å². The van der Waals surface area contributed by atoms with Crippen LogP contribution in [0.4, 0.5) is 0 Å². The molecule has 1 N–H and O–H groups in total. The molecular formula is C25H36N2O6S. The van der Waals surface area contributed by atoms with Crippen LogP contribution in [0.3, 0.4) is 0 Å². The predicted molar refractivity (Wildman–Crippen MR) is 129 cm³/mol. The zero-order chi connectivity index (χ0) is 24.9. The molecule has 0 aromatic heterocycles. The van der Waals surface area contributed by atoms with Crippen molar-refractivity contribution in [3.63, 3.8) is 0 Å². The number of rotatable bonds is 6. The van der Waals surface area contributed by atoms with Crippen LogP contribution >= 0.6 is 0 Å². The van der Waals surface area contributed by atoms with Crippen LogP contribution in [0.1, 0.15) is 45.1 Å². The summed E-state index contributed by atoms with van der Waals surface area (Å²) < 4.78 is 39.7. The van der Waals surface area contributed by atoms with Crippen LogP contribution in [0.5, 0.6) is 5.75 Å². The van der Waals surface area contributed by atoms with Gasteiger partial charge in [-0.3, -0.25) is 4.79 Å². The summed E-state index contributed by atoms with van der Waals surface area (Å²) >= 11 is 0. The highest BCUT2D eigenvalue weighted by Gasteiger charge is 2.38. The number of fused-ring (bicyclic) bond motifs is 1. The minimum absolute atomic E-state index is 0.0435. The number of nitrogens with zero attached hydrogens (tertiary/aromatic N) is 2. The van der Waals surface area contributed by atoms with E-state index in [1.54, 1.807) is 26.1 Å². The van der Waals surface area contributed by atoms with Crippen molar-refractivity contribution < 1.29 is 27.8 Å². The minimum Gasteiger partial charge on any atom is -0.487 e. The third kappa shape index (κ3) is 6.11. The maximum absolute atomic E-state index is 13.5. The maximum atomic E-state index is 13.5. The summed E-state index contributed by atoms with van der Waals surface area (Å²) in [6.07, 6.45) is 4.11. The SMILES string of the molecule is COCC(=O)N(C)C[C@H]1Oc2cc(C#CC3CCCC3)ccc2S(=O)(=O)N([C@H](C)CO)C[C@@H]1C. The van der Waals surface area contributed by atoms with E-state index in [0.717, 1.165) is 12.8 Å². The van der Waals surface area contributed by atoms with Crippen LogP contribution in [-0.4, -0.2) is 81.2 Å². The number of sulfonamides is 1. The molecule has 34 heavy (non-hydrogen) atoms. The van der Waals surface area contributed by atoms with Crippen LogP contribution in [-0.2, 0) is 19.6 Å². The van der Waals surface area contributed by atoms with Crippen LogP contribution in [0.25, 0.3) is 0 Å². The molecule has 188 valence electrons. The van der Waals surface area contributed by atoms with Gasteiger partial charge in [-0.2, -0.15) is 4.31 Å². The lowest BCUT2D eigenvalue weighted by molar-refractivity contribution is -0.135. The first-order chi connectivity index (χ1) is 16.2. The molecule has 0 radical (unpaired) electrons. The molecule has 8 nitrogen and oxygen atoms in total. The van der Waals surface area contributed by atoms with Crippen molar-refractivity contribution in [1.29, 1.82) is 0 Å². The molecule has 9 heteroatoms. The van der Waals surface area contributed by atoms with Crippen LogP contribution in [0.15, 0.2) is 23.1 Å². The second kappa shape index (κ2) is 11.5. The van der Waals surface area contributed by atoms with Gasteiger partial charge in [-0.25, -0.2) is 8.42 Å². The standard InChI is InChI=1S/C25H36N2O6S/c1-18-14-27(19(2)16-28)34(30,31)24-12-11-21(10-9-20-7-5-6-8-20)13-22(24)33-23(18)15-26(3)25(29)17-32-4/h11-13,18-20,23,28H,5-8,14-17H2,1-4H3/t18-,19+,23+/m0/s1. The summed E-state index contributed by atoms with van der Waals surface area (Å²) in [6, 6.07) is 4.32. The Labute approximate surface area is 203 Å². The number of carbonyl (C=O) groups is 1. The van der Waals surface area contributed by atoms with Gasteiger partial charge in [0.25, 0.3) is 0 Å². The topological polar surface area (TPSA) is 96.4 Å². The Kier molecular flexibility index (Phi) is 8.99. The predicted octanol–water partition coefficient (Wildman–Crippen LogP) is 2.10. The van der Waals surface area contributed by atoms with E-state index >= 15 is 0 Å². The third-order valence-electron chi connectivity index (χ3n) is 6.59. The van der Waals surface area contributed by atoms with E-state index in [4.69, 9.17) is 9.47 Å². The molecule has 1 amide bonds. The van der Waals surface area contributed by atoms with Gasteiger partial charge in [-0.05, 0) is 38.0 Å². The van der Waals surface area contributed by atoms with Crippen molar-refractivity contribution in [1.82, 2.24) is 9.21 Å². The molecule has 1 fully saturated rings. The Morgan fingerprint density at radius 1 is 1.35 bits per heavy atom. The van der Waals surface area contributed by atoms with Gasteiger partial charge < -0.3 is 19.5 Å². The smallest absolute Gasteiger partial charge is 0.248 e. The van der Waals surface area contributed by atoms with E-state index in [1.165, 1.54) is 35.2 Å². The molecule has 0 spiro atoms. The molecule has 0 bridgehead atoms. The average Bonchev–Trinajstić information content (AvgIpc) is 3.33. The second-order valence-electron chi connectivity index (χ2n) is 9.36. The zero-order valence-corrected chi connectivity index (χ0v) is 21.3. The Balaban J connectivity index is 2.00. The van der Waals surface area contributed by atoms with Crippen molar-refractivity contribution in [3.05, 3.63) is 23.8 Å². The molecule has 3 atom stereocenters. The van der Waals surface area contributed by atoms with E-state index in [0.29, 0.717) is 11.5 Å². The van der Waals surface area contributed by atoms with Crippen molar-refractivity contribution in [2.45, 2.75) is 56.6 Å². The number of aliphatic hydroxyl groups is 1. The Bertz CT molecular complexity index is 1030. The number of carbonyl (C=O) groups excluding carboxylic acids is 1. The summed E-state index contributed by atoms with van der Waals surface area (Å²) in [5.41, 5.74) is 0.693. The van der Waals surface area contributed by atoms with Crippen molar-refractivity contribution in [2.24, 2.45) is 11.8 Å². The first kappa shape index (κ1) is 26.5. The number of benzene rings is 1. The van der Waals surface area contributed by atoms with Gasteiger partial charge in [-0.15, -0.1) is 0 Å².